The van der Waals surface area contributed by atoms with Crippen molar-refractivity contribution in [3.05, 3.63) is 23.8 Å². The van der Waals surface area contributed by atoms with Crippen LogP contribution in [0.2, 0.25) is 0 Å². The first-order chi connectivity index (χ1) is 8.43. The van der Waals surface area contributed by atoms with E-state index in [1.54, 1.807) is 25.1 Å². The Labute approximate surface area is 108 Å². The fraction of sp³-hybridized carbons (Fsp3) is 0.500. The molecule has 0 amide bonds. The summed E-state index contributed by atoms with van der Waals surface area (Å²) in [6.45, 7) is 4.88. The molecule has 2 N–H and O–H groups in total. The largest absolute Gasteiger partial charge is 0.399 e. The Hall–Kier alpha value is -1.11. The van der Waals surface area contributed by atoms with Crippen LogP contribution in [0.3, 0.4) is 0 Å². The first-order valence-corrected chi connectivity index (χ1v) is 7.32. The van der Waals surface area contributed by atoms with Gasteiger partial charge in [0, 0.05) is 18.3 Å². The van der Waals surface area contributed by atoms with Crippen molar-refractivity contribution in [3.63, 3.8) is 0 Å². The Balaban J connectivity index is 2.41. The van der Waals surface area contributed by atoms with Crippen LogP contribution in [-0.2, 0) is 14.8 Å². The molecule has 1 aliphatic heterocycles. The molecule has 100 valence electrons. The second-order valence-corrected chi connectivity index (χ2v) is 6.42. The highest BCUT2D eigenvalue weighted by Crippen LogP contribution is 2.24. The summed E-state index contributed by atoms with van der Waals surface area (Å²) < 4.78 is 31.9. The number of anilines is 1. The maximum atomic E-state index is 12.6. The van der Waals surface area contributed by atoms with Gasteiger partial charge >= 0.3 is 0 Å². The Kier molecular flexibility index (Phi) is 3.61. The number of sulfonamides is 1. The highest BCUT2D eigenvalue weighted by Gasteiger charge is 2.32. The number of ether oxygens (including phenoxy) is 1. The number of aryl methyl sites for hydroxylation is 1. The minimum Gasteiger partial charge on any atom is -0.399 e. The molecule has 5 nitrogen and oxygen atoms in total. The topological polar surface area (TPSA) is 72.6 Å². The van der Waals surface area contributed by atoms with Crippen molar-refractivity contribution in [1.82, 2.24) is 4.31 Å². The average Bonchev–Trinajstić information content (AvgIpc) is 2.28. The van der Waals surface area contributed by atoms with Crippen molar-refractivity contribution in [2.75, 3.05) is 25.5 Å². The quantitative estimate of drug-likeness (QED) is 0.813. The smallest absolute Gasteiger partial charge is 0.243 e. The molecule has 0 aliphatic carbocycles. The van der Waals surface area contributed by atoms with Crippen LogP contribution < -0.4 is 5.73 Å². The predicted molar refractivity (Wildman–Crippen MR) is 69.8 cm³/mol. The zero-order chi connectivity index (χ0) is 13.3. The third kappa shape index (κ3) is 2.36. The number of hydrogen-bond acceptors (Lipinski definition) is 4. The molecule has 0 bridgehead atoms. The van der Waals surface area contributed by atoms with Gasteiger partial charge in [0.25, 0.3) is 0 Å². The SMILES string of the molecule is Cc1cc(N)ccc1S(=O)(=O)N1CCOCC1C. The lowest BCUT2D eigenvalue weighted by Crippen LogP contribution is -2.47. The van der Waals surface area contributed by atoms with Crippen molar-refractivity contribution in [1.29, 1.82) is 0 Å². The second-order valence-electron chi connectivity index (χ2n) is 4.56. The molecule has 0 aromatic heterocycles. The summed E-state index contributed by atoms with van der Waals surface area (Å²) in [6.07, 6.45) is 0. The molecular formula is C12H18N2O3S. The van der Waals surface area contributed by atoms with E-state index in [-0.39, 0.29) is 6.04 Å². The minimum atomic E-state index is -3.46. The Morgan fingerprint density at radius 2 is 2.17 bits per heavy atom. The van der Waals surface area contributed by atoms with Gasteiger partial charge in [-0.1, -0.05) is 0 Å². The van der Waals surface area contributed by atoms with E-state index in [0.717, 1.165) is 0 Å². The van der Waals surface area contributed by atoms with Crippen LogP contribution in [0.4, 0.5) is 5.69 Å². The van der Waals surface area contributed by atoms with Crippen LogP contribution in [0.5, 0.6) is 0 Å². The lowest BCUT2D eigenvalue weighted by Gasteiger charge is -2.32. The van der Waals surface area contributed by atoms with Gasteiger partial charge in [-0.3, -0.25) is 0 Å². The first-order valence-electron chi connectivity index (χ1n) is 5.88. The summed E-state index contributed by atoms with van der Waals surface area (Å²) in [5.74, 6) is 0. The van der Waals surface area contributed by atoms with E-state index in [1.807, 2.05) is 6.92 Å². The standard InChI is InChI=1S/C12H18N2O3S/c1-9-7-11(13)3-4-12(9)18(15,16)14-5-6-17-8-10(14)2/h3-4,7,10H,5-6,8,13H2,1-2H3. The molecule has 1 saturated heterocycles. The van der Waals surface area contributed by atoms with Crippen LogP contribution in [0.25, 0.3) is 0 Å². The fourth-order valence-corrected chi connectivity index (χ4v) is 3.97. The number of hydrogen-bond donors (Lipinski definition) is 1. The molecule has 6 heteroatoms. The van der Waals surface area contributed by atoms with Gasteiger partial charge in [-0.15, -0.1) is 0 Å². The molecule has 18 heavy (non-hydrogen) atoms. The summed E-state index contributed by atoms with van der Waals surface area (Å²) in [4.78, 5) is 0.324. The van der Waals surface area contributed by atoms with Gasteiger partial charge in [0.2, 0.25) is 10.0 Å². The van der Waals surface area contributed by atoms with E-state index in [1.165, 1.54) is 4.31 Å². The molecule has 1 fully saturated rings. The maximum Gasteiger partial charge on any atom is 0.243 e. The molecule has 1 atom stereocenters. The van der Waals surface area contributed by atoms with Crippen LogP contribution in [0.15, 0.2) is 23.1 Å². The molecule has 0 spiro atoms. The average molecular weight is 270 g/mol. The van der Waals surface area contributed by atoms with Crippen LogP contribution in [0.1, 0.15) is 12.5 Å². The van der Waals surface area contributed by atoms with E-state index in [2.05, 4.69) is 0 Å². The molecule has 1 aromatic carbocycles. The van der Waals surface area contributed by atoms with Gasteiger partial charge < -0.3 is 10.5 Å². The Bertz CT molecular complexity index is 542. The van der Waals surface area contributed by atoms with E-state index in [4.69, 9.17) is 10.5 Å². The van der Waals surface area contributed by atoms with Crippen LogP contribution >= 0.6 is 0 Å². The zero-order valence-electron chi connectivity index (χ0n) is 10.6. The summed E-state index contributed by atoms with van der Waals surface area (Å²) in [5, 5.41) is 0. The van der Waals surface area contributed by atoms with E-state index in [9.17, 15) is 8.42 Å². The van der Waals surface area contributed by atoms with Crippen LogP contribution in [-0.4, -0.2) is 38.5 Å². The van der Waals surface area contributed by atoms with Gasteiger partial charge in [-0.2, -0.15) is 4.31 Å². The number of nitrogens with zero attached hydrogens (tertiary/aromatic N) is 1. The monoisotopic (exact) mass is 270 g/mol. The number of morpholine rings is 1. The molecule has 0 radical (unpaired) electrons. The molecule has 1 aliphatic rings. The van der Waals surface area contributed by atoms with Crippen molar-refractivity contribution in [3.8, 4) is 0 Å². The predicted octanol–water partition coefficient (Wildman–Crippen LogP) is 0.987. The molecule has 2 rings (SSSR count). The fourth-order valence-electron chi connectivity index (χ4n) is 2.16. The van der Waals surface area contributed by atoms with Gasteiger partial charge in [-0.05, 0) is 37.6 Å². The van der Waals surface area contributed by atoms with Gasteiger partial charge in [0.1, 0.15) is 0 Å². The number of nitrogens with two attached hydrogens (primary N) is 1. The zero-order valence-corrected chi connectivity index (χ0v) is 11.4. The molecule has 1 aromatic rings. The third-order valence-electron chi connectivity index (χ3n) is 3.09. The summed E-state index contributed by atoms with van der Waals surface area (Å²) in [6, 6.07) is 4.73. The van der Waals surface area contributed by atoms with Crippen molar-refractivity contribution in [2.45, 2.75) is 24.8 Å². The van der Waals surface area contributed by atoms with Gasteiger partial charge in [0.05, 0.1) is 18.1 Å². The van der Waals surface area contributed by atoms with Crippen molar-refractivity contribution >= 4 is 15.7 Å². The highest BCUT2D eigenvalue weighted by atomic mass is 32.2. The summed E-state index contributed by atoms with van der Waals surface area (Å²) in [7, 11) is -3.46. The normalized spacial score (nSPS) is 22.0. The molecule has 1 heterocycles. The minimum absolute atomic E-state index is 0.138. The van der Waals surface area contributed by atoms with Crippen molar-refractivity contribution in [2.24, 2.45) is 0 Å². The first kappa shape index (κ1) is 13.3. The number of benzene rings is 1. The van der Waals surface area contributed by atoms with E-state index >= 15 is 0 Å². The van der Waals surface area contributed by atoms with Crippen LogP contribution in [0, 0.1) is 6.92 Å². The Morgan fingerprint density at radius 1 is 1.44 bits per heavy atom. The molecule has 1 unspecified atom stereocenters. The number of rotatable bonds is 2. The van der Waals surface area contributed by atoms with Gasteiger partial charge in [-0.25, -0.2) is 8.42 Å². The summed E-state index contributed by atoms with van der Waals surface area (Å²) >= 11 is 0. The van der Waals surface area contributed by atoms with Crippen molar-refractivity contribution < 1.29 is 13.2 Å². The van der Waals surface area contributed by atoms with E-state index < -0.39 is 10.0 Å². The number of nitrogen functional groups attached to an aromatic ring is 1. The maximum absolute atomic E-state index is 12.6. The summed E-state index contributed by atoms with van der Waals surface area (Å²) in [5.41, 5.74) is 6.89. The lowest BCUT2D eigenvalue weighted by atomic mass is 10.2. The molecular weight excluding hydrogens is 252 g/mol. The second kappa shape index (κ2) is 4.87. The highest BCUT2D eigenvalue weighted by molar-refractivity contribution is 7.89. The van der Waals surface area contributed by atoms with E-state index in [0.29, 0.717) is 35.9 Å². The molecule has 0 saturated carbocycles. The lowest BCUT2D eigenvalue weighted by molar-refractivity contribution is 0.0392. The van der Waals surface area contributed by atoms with Gasteiger partial charge in [0.15, 0.2) is 0 Å². The Morgan fingerprint density at radius 3 is 2.78 bits per heavy atom. The third-order valence-corrected chi connectivity index (χ3v) is 5.27.